The van der Waals surface area contributed by atoms with E-state index in [9.17, 15) is 4.79 Å². The number of anilines is 1. The maximum absolute atomic E-state index is 12.7. The molecule has 2 aromatic heterocycles. The topological polar surface area (TPSA) is 64.1 Å². The molecule has 5 rings (SSSR count). The van der Waals surface area contributed by atoms with Gasteiger partial charge in [-0.25, -0.2) is 4.98 Å². The number of hydrogen-bond acceptors (Lipinski definition) is 5. The van der Waals surface area contributed by atoms with Crippen LogP contribution in [0, 0.1) is 6.92 Å². The van der Waals surface area contributed by atoms with E-state index in [1.165, 1.54) is 11.3 Å². The minimum atomic E-state index is -0.194. The molecular formula is C21H15N3O2S. The molecule has 6 heteroatoms. The van der Waals surface area contributed by atoms with Gasteiger partial charge in [0.15, 0.2) is 5.13 Å². The number of rotatable bonds is 2. The molecule has 1 amide bonds. The molecule has 0 bridgehead atoms. The van der Waals surface area contributed by atoms with E-state index < -0.39 is 0 Å². The van der Waals surface area contributed by atoms with Crippen LogP contribution in [-0.2, 0) is 6.61 Å². The van der Waals surface area contributed by atoms with Gasteiger partial charge < -0.3 is 4.74 Å². The molecule has 4 aromatic rings. The van der Waals surface area contributed by atoms with Gasteiger partial charge in [0.1, 0.15) is 12.4 Å². The minimum absolute atomic E-state index is 0.194. The maximum atomic E-state index is 12.7. The predicted octanol–water partition coefficient (Wildman–Crippen LogP) is 4.81. The summed E-state index contributed by atoms with van der Waals surface area (Å²) in [4.78, 5) is 22.8. The van der Waals surface area contributed by atoms with Crippen LogP contribution in [0.5, 0.6) is 5.75 Å². The minimum Gasteiger partial charge on any atom is -0.487 e. The van der Waals surface area contributed by atoms with Crippen LogP contribution in [0.15, 0.2) is 54.6 Å². The third-order valence-corrected chi connectivity index (χ3v) is 5.46. The van der Waals surface area contributed by atoms with E-state index in [4.69, 9.17) is 4.74 Å². The lowest BCUT2D eigenvalue weighted by atomic mass is 10.1. The fraction of sp³-hybridized carbons (Fsp3) is 0.0952. The number of para-hydroxylation sites is 1. The Morgan fingerprint density at radius 3 is 2.89 bits per heavy atom. The highest BCUT2D eigenvalue weighted by Gasteiger charge is 2.22. The van der Waals surface area contributed by atoms with Crippen molar-refractivity contribution in [1.82, 2.24) is 9.97 Å². The van der Waals surface area contributed by atoms with Crippen LogP contribution in [0.4, 0.5) is 5.13 Å². The van der Waals surface area contributed by atoms with Crippen molar-refractivity contribution in [2.75, 3.05) is 5.32 Å². The zero-order valence-corrected chi connectivity index (χ0v) is 15.3. The molecule has 2 aromatic carbocycles. The molecule has 0 fully saturated rings. The normalized spacial score (nSPS) is 12.2. The third-order valence-electron chi connectivity index (χ3n) is 4.51. The number of carbonyl (C=O) groups excluding carboxylic acids is 1. The Bertz CT molecular complexity index is 1200. The number of thiazole rings is 1. The second kappa shape index (κ2) is 6.17. The smallest absolute Gasteiger partial charge is 0.257 e. The summed E-state index contributed by atoms with van der Waals surface area (Å²) in [6, 6.07) is 17.3. The molecule has 0 aliphatic carbocycles. The van der Waals surface area contributed by atoms with Crippen molar-refractivity contribution in [3.8, 4) is 17.0 Å². The van der Waals surface area contributed by atoms with Crippen molar-refractivity contribution < 1.29 is 9.53 Å². The molecule has 0 unspecified atom stereocenters. The zero-order valence-electron chi connectivity index (χ0n) is 14.5. The Morgan fingerprint density at radius 1 is 1.11 bits per heavy atom. The van der Waals surface area contributed by atoms with Crippen molar-refractivity contribution in [2.45, 2.75) is 13.5 Å². The van der Waals surface area contributed by atoms with Gasteiger partial charge in [-0.05, 0) is 37.3 Å². The van der Waals surface area contributed by atoms with Crippen LogP contribution in [0.3, 0.4) is 0 Å². The second-order valence-electron chi connectivity index (χ2n) is 6.39. The lowest BCUT2D eigenvalue weighted by Crippen LogP contribution is -2.11. The number of nitrogens with zero attached hydrogens (tertiary/aromatic N) is 2. The lowest BCUT2D eigenvalue weighted by Gasteiger charge is -2.15. The number of amides is 1. The first kappa shape index (κ1) is 16.0. The summed E-state index contributed by atoms with van der Waals surface area (Å²) in [5.41, 5.74) is 4.13. The van der Waals surface area contributed by atoms with Crippen molar-refractivity contribution >= 4 is 33.3 Å². The number of pyridine rings is 1. The standard InChI is InChI=1S/C21H15N3O2S/c1-12-6-7-13-8-9-14(10-16(13)22-12)20(25)24-21-23-19-15-4-2-3-5-17(15)26-11-18(19)27-21/h2-10H,11H2,1H3,(H,23,24,25). The Labute approximate surface area is 159 Å². The average molecular weight is 373 g/mol. The van der Waals surface area contributed by atoms with Gasteiger partial charge in [0.2, 0.25) is 0 Å². The first-order chi connectivity index (χ1) is 13.2. The number of hydrogen-bond donors (Lipinski definition) is 1. The van der Waals surface area contributed by atoms with Gasteiger partial charge in [0.05, 0.1) is 16.1 Å². The summed E-state index contributed by atoms with van der Waals surface area (Å²) in [5, 5.41) is 4.49. The van der Waals surface area contributed by atoms with Crippen LogP contribution in [0.1, 0.15) is 20.9 Å². The summed E-state index contributed by atoms with van der Waals surface area (Å²) in [7, 11) is 0. The molecule has 27 heavy (non-hydrogen) atoms. The van der Waals surface area contributed by atoms with E-state index in [0.29, 0.717) is 17.3 Å². The van der Waals surface area contributed by atoms with Crippen molar-refractivity contribution in [3.63, 3.8) is 0 Å². The molecule has 1 aliphatic heterocycles. The Balaban J connectivity index is 1.45. The highest BCUT2D eigenvalue weighted by Crippen LogP contribution is 2.40. The van der Waals surface area contributed by atoms with Gasteiger partial charge in [-0.15, -0.1) is 0 Å². The molecule has 1 aliphatic rings. The fourth-order valence-electron chi connectivity index (χ4n) is 3.17. The van der Waals surface area contributed by atoms with Gasteiger partial charge in [-0.3, -0.25) is 15.1 Å². The lowest BCUT2D eigenvalue weighted by molar-refractivity contribution is 0.102. The number of carbonyl (C=O) groups is 1. The summed E-state index contributed by atoms with van der Waals surface area (Å²) in [5.74, 6) is 0.629. The molecule has 0 radical (unpaired) electrons. The fourth-order valence-corrected chi connectivity index (χ4v) is 4.06. The quantitative estimate of drug-likeness (QED) is 0.548. The second-order valence-corrected chi connectivity index (χ2v) is 7.47. The SMILES string of the molecule is Cc1ccc2ccc(C(=O)Nc3nc4c(s3)COc3ccccc3-4)cc2n1. The number of ether oxygens (including phenoxy) is 1. The van der Waals surface area contributed by atoms with Crippen LogP contribution >= 0.6 is 11.3 Å². The Hall–Kier alpha value is -3.25. The van der Waals surface area contributed by atoms with Crippen molar-refractivity contribution in [1.29, 1.82) is 0 Å². The molecule has 1 N–H and O–H groups in total. The largest absolute Gasteiger partial charge is 0.487 e. The molecule has 0 atom stereocenters. The summed E-state index contributed by atoms with van der Waals surface area (Å²) < 4.78 is 5.76. The Kier molecular flexibility index (Phi) is 3.65. The van der Waals surface area contributed by atoms with Crippen LogP contribution in [0.25, 0.3) is 22.2 Å². The number of fused-ring (bicyclic) bond motifs is 4. The van der Waals surface area contributed by atoms with Gasteiger partial charge >= 0.3 is 0 Å². The van der Waals surface area contributed by atoms with E-state index in [-0.39, 0.29) is 5.91 Å². The van der Waals surface area contributed by atoms with E-state index in [0.717, 1.165) is 38.5 Å². The van der Waals surface area contributed by atoms with Crippen LogP contribution < -0.4 is 10.1 Å². The highest BCUT2D eigenvalue weighted by molar-refractivity contribution is 7.16. The van der Waals surface area contributed by atoms with Gasteiger partial charge in [0.25, 0.3) is 5.91 Å². The van der Waals surface area contributed by atoms with Crippen LogP contribution in [-0.4, -0.2) is 15.9 Å². The van der Waals surface area contributed by atoms with Crippen LogP contribution in [0.2, 0.25) is 0 Å². The van der Waals surface area contributed by atoms with Crippen molar-refractivity contribution in [3.05, 3.63) is 70.7 Å². The van der Waals surface area contributed by atoms with Gasteiger partial charge in [-0.2, -0.15) is 0 Å². The van der Waals surface area contributed by atoms with Gasteiger partial charge in [0, 0.05) is 22.2 Å². The zero-order chi connectivity index (χ0) is 18.4. The average Bonchev–Trinajstić information content (AvgIpc) is 3.10. The summed E-state index contributed by atoms with van der Waals surface area (Å²) in [6.07, 6.45) is 0. The first-order valence-electron chi connectivity index (χ1n) is 8.58. The first-order valence-corrected chi connectivity index (χ1v) is 9.40. The summed E-state index contributed by atoms with van der Waals surface area (Å²) in [6.45, 7) is 2.41. The number of aromatic nitrogens is 2. The molecule has 3 heterocycles. The number of benzene rings is 2. The molecule has 132 valence electrons. The van der Waals surface area contributed by atoms with E-state index in [1.54, 1.807) is 6.07 Å². The van der Waals surface area contributed by atoms with E-state index >= 15 is 0 Å². The highest BCUT2D eigenvalue weighted by atomic mass is 32.1. The molecule has 0 saturated carbocycles. The monoisotopic (exact) mass is 373 g/mol. The predicted molar refractivity (Wildman–Crippen MR) is 106 cm³/mol. The summed E-state index contributed by atoms with van der Waals surface area (Å²) >= 11 is 1.44. The number of nitrogens with one attached hydrogen (secondary N) is 1. The Morgan fingerprint density at radius 2 is 1.96 bits per heavy atom. The van der Waals surface area contributed by atoms with Crippen molar-refractivity contribution in [2.24, 2.45) is 0 Å². The molecule has 5 nitrogen and oxygen atoms in total. The molecular weight excluding hydrogens is 358 g/mol. The van der Waals surface area contributed by atoms with Gasteiger partial charge in [-0.1, -0.05) is 35.6 Å². The maximum Gasteiger partial charge on any atom is 0.257 e. The third kappa shape index (κ3) is 2.84. The number of aryl methyl sites for hydroxylation is 1. The van der Waals surface area contributed by atoms with E-state index in [2.05, 4.69) is 15.3 Å². The molecule has 0 spiro atoms. The molecule has 0 saturated heterocycles. The van der Waals surface area contributed by atoms with E-state index in [1.807, 2.05) is 55.5 Å².